The third-order valence-corrected chi connectivity index (χ3v) is 7.00. The summed E-state index contributed by atoms with van der Waals surface area (Å²) in [4.78, 5) is 4.30. The van der Waals surface area contributed by atoms with E-state index < -0.39 is 16.6 Å². The first-order valence-electron chi connectivity index (χ1n) is 8.99. The lowest BCUT2D eigenvalue weighted by Crippen LogP contribution is -2.44. The Balaban J connectivity index is 1.95. The van der Waals surface area contributed by atoms with Crippen LogP contribution in [0.5, 0.6) is 5.75 Å². The average molecular weight is 446 g/mol. The van der Waals surface area contributed by atoms with E-state index in [1.807, 2.05) is 14.0 Å². The van der Waals surface area contributed by atoms with Gasteiger partial charge in [0.25, 0.3) is 10.0 Å². The van der Waals surface area contributed by atoms with Gasteiger partial charge >= 0.3 is 6.61 Å². The normalized spacial score (nSPS) is 15.6. The Kier molecular flexibility index (Phi) is 6.50. The van der Waals surface area contributed by atoms with Crippen molar-refractivity contribution in [3.05, 3.63) is 48.0 Å². The van der Waals surface area contributed by atoms with E-state index in [4.69, 9.17) is 11.8 Å². The summed E-state index contributed by atoms with van der Waals surface area (Å²) in [5, 5.41) is 0. The van der Waals surface area contributed by atoms with Gasteiger partial charge in [0.2, 0.25) is 0 Å². The van der Waals surface area contributed by atoms with Crippen LogP contribution in [0, 0.1) is 6.92 Å². The molecule has 29 heavy (non-hydrogen) atoms. The van der Waals surface area contributed by atoms with E-state index in [0.717, 1.165) is 37.4 Å². The number of rotatable bonds is 6. The molecule has 6 nitrogen and oxygen atoms in total. The lowest BCUT2D eigenvalue weighted by molar-refractivity contribution is -0.0493. The maximum absolute atomic E-state index is 13.1. The van der Waals surface area contributed by atoms with Crippen molar-refractivity contribution in [1.82, 2.24) is 4.90 Å². The Morgan fingerprint density at radius 1 is 1.10 bits per heavy atom. The Hall–Kier alpha value is -2.10. The number of aryl methyl sites for hydroxylation is 1. The SMILES string of the molecule is Cc1ccc(S(=O)(=O)N(Cl)c2ccccc2OC(F)F)cc1N1CCN(C)CC1. The number of halogens is 3. The minimum absolute atomic E-state index is 0.0288. The van der Waals surface area contributed by atoms with Crippen LogP contribution in [0.4, 0.5) is 20.2 Å². The first-order chi connectivity index (χ1) is 13.7. The smallest absolute Gasteiger partial charge is 0.387 e. The second kappa shape index (κ2) is 8.73. The van der Waals surface area contributed by atoms with E-state index in [1.165, 1.54) is 30.3 Å². The summed E-state index contributed by atoms with van der Waals surface area (Å²) < 4.78 is 56.4. The third-order valence-electron chi connectivity index (χ3n) is 4.80. The lowest BCUT2D eigenvalue weighted by atomic mass is 10.1. The van der Waals surface area contributed by atoms with Crippen LogP contribution in [0.25, 0.3) is 0 Å². The molecule has 0 N–H and O–H groups in total. The minimum atomic E-state index is -4.20. The number of nitrogens with zero attached hydrogens (tertiary/aromatic N) is 3. The van der Waals surface area contributed by atoms with Crippen molar-refractivity contribution in [1.29, 1.82) is 0 Å². The van der Waals surface area contributed by atoms with E-state index in [9.17, 15) is 17.2 Å². The van der Waals surface area contributed by atoms with Crippen molar-refractivity contribution in [2.45, 2.75) is 18.4 Å². The molecule has 0 unspecified atom stereocenters. The second-order valence-corrected chi connectivity index (χ2v) is 9.13. The highest BCUT2D eigenvalue weighted by molar-refractivity contribution is 7.94. The highest BCUT2D eigenvalue weighted by Crippen LogP contribution is 2.36. The molecule has 1 aliphatic rings. The molecule has 0 radical (unpaired) electrons. The number of sulfonamides is 1. The van der Waals surface area contributed by atoms with Gasteiger partial charge in [-0.3, -0.25) is 0 Å². The van der Waals surface area contributed by atoms with Crippen LogP contribution in [0.1, 0.15) is 5.56 Å². The molecule has 2 aromatic carbocycles. The fourth-order valence-electron chi connectivity index (χ4n) is 3.16. The number of hydrogen-bond donors (Lipinski definition) is 0. The molecule has 1 aliphatic heterocycles. The zero-order valence-corrected chi connectivity index (χ0v) is 17.6. The largest absolute Gasteiger partial charge is 0.433 e. The summed E-state index contributed by atoms with van der Waals surface area (Å²) in [5.74, 6) is -0.326. The number of alkyl halides is 2. The summed E-state index contributed by atoms with van der Waals surface area (Å²) in [6, 6.07) is 10.2. The number of para-hydroxylation sites is 2. The van der Waals surface area contributed by atoms with Crippen LogP contribution in [-0.2, 0) is 10.0 Å². The van der Waals surface area contributed by atoms with Gasteiger partial charge in [-0.25, -0.2) is 0 Å². The Labute approximate surface area is 174 Å². The van der Waals surface area contributed by atoms with Crippen molar-refractivity contribution in [2.24, 2.45) is 0 Å². The monoisotopic (exact) mass is 445 g/mol. The Bertz CT molecular complexity index is 967. The molecule has 1 saturated heterocycles. The van der Waals surface area contributed by atoms with Gasteiger partial charge in [0, 0.05) is 43.6 Å². The summed E-state index contributed by atoms with van der Waals surface area (Å²) in [6.45, 7) is 2.10. The zero-order chi connectivity index (χ0) is 21.2. The molecule has 0 bridgehead atoms. The molecule has 0 atom stereocenters. The van der Waals surface area contributed by atoms with Crippen LogP contribution < -0.4 is 13.5 Å². The van der Waals surface area contributed by atoms with E-state index in [-0.39, 0.29) is 16.3 Å². The first-order valence-corrected chi connectivity index (χ1v) is 10.8. The van der Waals surface area contributed by atoms with Crippen LogP contribution >= 0.6 is 11.8 Å². The van der Waals surface area contributed by atoms with Crippen molar-refractivity contribution in [3.63, 3.8) is 0 Å². The van der Waals surface area contributed by atoms with Crippen molar-refractivity contribution in [2.75, 3.05) is 42.0 Å². The number of ether oxygens (including phenoxy) is 1. The molecule has 0 aliphatic carbocycles. The maximum atomic E-state index is 13.1. The number of piperazine rings is 1. The number of anilines is 2. The highest BCUT2D eigenvalue weighted by Gasteiger charge is 2.28. The van der Waals surface area contributed by atoms with Gasteiger partial charge in [-0.05, 0) is 43.8 Å². The molecule has 0 spiro atoms. The van der Waals surface area contributed by atoms with E-state index >= 15 is 0 Å². The van der Waals surface area contributed by atoms with Gasteiger partial charge in [-0.2, -0.15) is 21.0 Å². The lowest BCUT2D eigenvalue weighted by Gasteiger charge is -2.35. The second-order valence-electron chi connectivity index (χ2n) is 6.80. The molecular weight excluding hydrogens is 424 g/mol. The van der Waals surface area contributed by atoms with Gasteiger partial charge < -0.3 is 14.5 Å². The zero-order valence-electron chi connectivity index (χ0n) is 16.1. The van der Waals surface area contributed by atoms with Crippen molar-refractivity contribution >= 4 is 33.2 Å². The summed E-state index contributed by atoms with van der Waals surface area (Å²) in [7, 11) is -2.17. The van der Waals surface area contributed by atoms with Gasteiger partial charge in [0.05, 0.1) is 4.90 Å². The highest BCUT2D eigenvalue weighted by atomic mass is 35.5. The fraction of sp³-hybridized carbons (Fsp3) is 0.368. The molecule has 1 heterocycles. The molecule has 0 amide bonds. The van der Waals surface area contributed by atoms with E-state index in [1.54, 1.807) is 12.1 Å². The Morgan fingerprint density at radius 3 is 2.41 bits per heavy atom. The maximum Gasteiger partial charge on any atom is 0.387 e. The molecule has 158 valence electrons. The Morgan fingerprint density at radius 2 is 1.76 bits per heavy atom. The van der Waals surface area contributed by atoms with Crippen molar-refractivity contribution < 1.29 is 21.9 Å². The van der Waals surface area contributed by atoms with Gasteiger partial charge in [-0.15, -0.1) is 0 Å². The molecule has 3 rings (SSSR count). The van der Waals surface area contributed by atoms with Gasteiger partial charge in [0.15, 0.2) is 5.75 Å². The van der Waals surface area contributed by atoms with Gasteiger partial charge in [0.1, 0.15) is 5.69 Å². The minimum Gasteiger partial charge on any atom is -0.433 e. The summed E-state index contributed by atoms with van der Waals surface area (Å²) in [5.41, 5.74) is 1.56. The van der Waals surface area contributed by atoms with Crippen molar-refractivity contribution in [3.8, 4) is 5.75 Å². The number of benzene rings is 2. The third kappa shape index (κ3) is 4.73. The van der Waals surface area contributed by atoms with Gasteiger partial charge in [-0.1, -0.05) is 18.2 Å². The molecule has 0 aromatic heterocycles. The summed E-state index contributed by atoms with van der Waals surface area (Å²) >= 11 is 6.12. The van der Waals surface area contributed by atoms with E-state index in [0.29, 0.717) is 3.82 Å². The predicted octanol–water partition coefficient (Wildman–Crippen LogP) is 3.70. The van der Waals surface area contributed by atoms with Crippen LogP contribution in [0.2, 0.25) is 0 Å². The summed E-state index contributed by atoms with van der Waals surface area (Å²) in [6.07, 6.45) is 0. The molecular formula is C19H22ClF2N3O3S. The van der Waals surface area contributed by atoms with Crippen LogP contribution in [0.15, 0.2) is 47.4 Å². The predicted molar refractivity (Wildman–Crippen MR) is 109 cm³/mol. The molecule has 0 saturated carbocycles. The molecule has 2 aromatic rings. The molecule has 1 fully saturated rings. The quantitative estimate of drug-likeness (QED) is 0.635. The topological polar surface area (TPSA) is 53.1 Å². The van der Waals surface area contributed by atoms with E-state index in [2.05, 4.69) is 14.5 Å². The fourth-order valence-corrected chi connectivity index (χ4v) is 4.63. The number of hydrogen-bond acceptors (Lipinski definition) is 5. The van der Waals surface area contributed by atoms with Crippen LogP contribution in [-0.4, -0.2) is 53.2 Å². The molecule has 10 heteroatoms. The number of likely N-dealkylation sites (N-methyl/N-ethyl adjacent to an activating group) is 1. The standard InChI is InChI=1S/C19H22ClF2N3O3S/c1-14-7-8-15(13-17(14)24-11-9-23(2)10-12-24)29(26,27)25(20)16-5-3-4-6-18(16)28-19(21)22/h3-8,13,19H,9-12H2,1-2H3. The first kappa shape index (κ1) is 21.6. The average Bonchev–Trinajstić information content (AvgIpc) is 2.68. The van der Waals surface area contributed by atoms with Crippen LogP contribution in [0.3, 0.4) is 0 Å².